The van der Waals surface area contributed by atoms with Crippen molar-refractivity contribution in [1.82, 2.24) is 20.5 Å². The van der Waals surface area contributed by atoms with Gasteiger partial charge < -0.3 is 20.6 Å². The van der Waals surface area contributed by atoms with Crippen molar-refractivity contribution in [2.45, 2.75) is 63.3 Å². The zero-order valence-electron chi connectivity index (χ0n) is 24.7. The summed E-state index contributed by atoms with van der Waals surface area (Å²) in [6.07, 6.45) is 3.97. The molecule has 10 nitrogen and oxygen atoms in total. The number of rotatable bonds is 10. The van der Waals surface area contributed by atoms with Crippen LogP contribution in [0.3, 0.4) is 0 Å². The van der Waals surface area contributed by atoms with Crippen LogP contribution in [0.2, 0.25) is 0 Å². The van der Waals surface area contributed by atoms with Crippen LogP contribution in [0.15, 0.2) is 53.9 Å². The lowest BCUT2D eigenvalue weighted by Crippen LogP contribution is -2.52. The van der Waals surface area contributed by atoms with Gasteiger partial charge in [0, 0.05) is 41.8 Å². The highest BCUT2D eigenvalue weighted by atomic mass is 32.2. The van der Waals surface area contributed by atoms with Crippen molar-refractivity contribution in [3.8, 4) is 0 Å². The van der Waals surface area contributed by atoms with Crippen LogP contribution in [0.1, 0.15) is 68.7 Å². The fraction of sp³-hybridized carbons (Fsp3) is 0.452. The molecule has 43 heavy (non-hydrogen) atoms. The maximum Gasteiger partial charge on any atom is 0.254 e. The molecule has 5 rings (SSSR count). The fourth-order valence-corrected chi connectivity index (χ4v) is 7.29. The van der Waals surface area contributed by atoms with Gasteiger partial charge in [-0.2, -0.15) is 0 Å². The Morgan fingerprint density at radius 3 is 2.56 bits per heavy atom. The van der Waals surface area contributed by atoms with E-state index in [0.29, 0.717) is 13.0 Å². The number of aliphatic hydroxyl groups excluding tert-OH is 1. The molecule has 2 amide bonds. The second-order valence-electron chi connectivity index (χ2n) is 11.4. The van der Waals surface area contributed by atoms with Gasteiger partial charge in [0.2, 0.25) is 10.0 Å². The minimum Gasteiger partial charge on any atom is -0.389 e. The van der Waals surface area contributed by atoms with Crippen molar-refractivity contribution in [3.63, 3.8) is 0 Å². The number of hydrogen-bond donors (Lipinski definition) is 3. The number of sulfonamides is 1. The highest BCUT2D eigenvalue weighted by Gasteiger charge is 2.34. The molecule has 2 aliphatic heterocycles. The Balaban J connectivity index is 1.47. The first-order valence-electron chi connectivity index (χ1n) is 14.6. The first-order valence-corrected chi connectivity index (χ1v) is 17.3. The first-order chi connectivity index (χ1) is 20.5. The third kappa shape index (κ3) is 7.26. The predicted molar refractivity (Wildman–Crippen MR) is 168 cm³/mol. The number of anilines is 1. The van der Waals surface area contributed by atoms with Gasteiger partial charge in [-0.1, -0.05) is 30.3 Å². The number of carbonyl (C=O) groups is 2. The molecule has 3 aromatic rings. The van der Waals surface area contributed by atoms with Crippen LogP contribution >= 0.6 is 11.3 Å². The molecule has 2 aliphatic rings. The van der Waals surface area contributed by atoms with Gasteiger partial charge in [-0.3, -0.25) is 13.9 Å². The molecule has 0 unspecified atom stereocenters. The lowest BCUT2D eigenvalue weighted by Gasteiger charge is -2.29. The van der Waals surface area contributed by atoms with E-state index in [1.165, 1.54) is 36.6 Å². The highest BCUT2D eigenvalue weighted by Crippen LogP contribution is 2.35. The van der Waals surface area contributed by atoms with E-state index in [0.717, 1.165) is 59.1 Å². The fourth-order valence-electron chi connectivity index (χ4n) is 5.86. The minimum atomic E-state index is -3.68. The smallest absolute Gasteiger partial charge is 0.254 e. The van der Waals surface area contributed by atoms with Crippen LogP contribution < -0.4 is 14.9 Å². The van der Waals surface area contributed by atoms with Crippen LogP contribution in [0.25, 0.3) is 0 Å². The lowest BCUT2D eigenvalue weighted by molar-refractivity contribution is 0.0733. The summed E-state index contributed by atoms with van der Waals surface area (Å²) in [5.74, 6) is -0.784. The van der Waals surface area contributed by atoms with Gasteiger partial charge in [-0.15, -0.1) is 11.3 Å². The summed E-state index contributed by atoms with van der Waals surface area (Å²) in [5.41, 5.74) is 2.42. The average Bonchev–Trinajstić information content (AvgIpc) is 3.78. The molecule has 2 fully saturated rings. The maximum atomic E-state index is 13.9. The van der Waals surface area contributed by atoms with Gasteiger partial charge in [-0.05, 0) is 69.3 Å². The van der Waals surface area contributed by atoms with Gasteiger partial charge in [0.05, 0.1) is 30.1 Å². The second kappa shape index (κ2) is 13.1. The molecular weight excluding hydrogens is 587 g/mol. The van der Waals surface area contributed by atoms with Crippen LogP contribution in [-0.2, 0) is 16.4 Å². The Labute approximate surface area is 257 Å². The molecule has 0 bridgehead atoms. The van der Waals surface area contributed by atoms with E-state index in [1.807, 2.05) is 42.6 Å². The first kappa shape index (κ1) is 31.1. The van der Waals surface area contributed by atoms with E-state index < -0.39 is 28.1 Å². The molecule has 0 aliphatic carbocycles. The predicted octanol–water partition coefficient (Wildman–Crippen LogP) is 3.28. The largest absolute Gasteiger partial charge is 0.389 e. The zero-order valence-corrected chi connectivity index (χ0v) is 26.3. The number of amides is 2. The number of aryl methyl sites for hydroxylation is 1. The van der Waals surface area contributed by atoms with Crippen LogP contribution in [0, 0.1) is 6.92 Å². The Bertz CT molecular complexity index is 1560. The number of carbonyl (C=O) groups excluding carboxylic acids is 2. The van der Waals surface area contributed by atoms with E-state index in [1.54, 1.807) is 4.90 Å². The molecule has 230 valence electrons. The van der Waals surface area contributed by atoms with Gasteiger partial charge in [0.15, 0.2) is 0 Å². The molecule has 3 N–H and O–H groups in total. The number of nitrogens with zero attached hydrogens (tertiary/aromatic N) is 3. The summed E-state index contributed by atoms with van der Waals surface area (Å²) >= 11 is 1.52. The monoisotopic (exact) mass is 625 g/mol. The number of likely N-dealkylation sites (tertiary alicyclic amines) is 1. The van der Waals surface area contributed by atoms with E-state index in [2.05, 4.69) is 15.6 Å². The van der Waals surface area contributed by atoms with Crippen molar-refractivity contribution in [2.24, 2.45) is 0 Å². The zero-order chi connectivity index (χ0) is 30.7. The molecule has 1 aromatic heterocycles. The average molecular weight is 626 g/mol. The van der Waals surface area contributed by atoms with E-state index in [4.69, 9.17) is 0 Å². The summed E-state index contributed by atoms with van der Waals surface area (Å²) in [6, 6.07) is 13.2. The molecule has 0 spiro atoms. The number of thiazole rings is 1. The highest BCUT2D eigenvalue weighted by molar-refractivity contribution is 7.92. The van der Waals surface area contributed by atoms with E-state index >= 15 is 0 Å². The molecule has 12 heteroatoms. The third-order valence-corrected chi connectivity index (χ3v) is 10.5. The van der Waals surface area contributed by atoms with Crippen LogP contribution in [0.5, 0.6) is 0 Å². The Morgan fingerprint density at radius 1 is 1.16 bits per heavy atom. The Morgan fingerprint density at radius 2 is 1.91 bits per heavy atom. The van der Waals surface area contributed by atoms with Crippen molar-refractivity contribution in [1.29, 1.82) is 0 Å². The summed E-state index contributed by atoms with van der Waals surface area (Å²) < 4.78 is 26.0. The topological polar surface area (TPSA) is 132 Å². The normalized spacial score (nSPS) is 20.1. The third-order valence-electron chi connectivity index (χ3n) is 8.26. The number of aliphatic hydroxyl groups is 1. The molecule has 2 aromatic carbocycles. The van der Waals surface area contributed by atoms with Crippen molar-refractivity contribution < 1.29 is 23.1 Å². The summed E-state index contributed by atoms with van der Waals surface area (Å²) in [6.45, 7) is 3.26. The summed E-state index contributed by atoms with van der Waals surface area (Å²) in [5, 5.41) is 20.5. The van der Waals surface area contributed by atoms with Crippen molar-refractivity contribution >= 4 is 38.9 Å². The van der Waals surface area contributed by atoms with Gasteiger partial charge >= 0.3 is 0 Å². The van der Waals surface area contributed by atoms with E-state index in [-0.39, 0.29) is 34.8 Å². The van der Waals surface area contributed by atoms with Crippen LogP contribution in [0.4, 0.5) is 5.69 Å². The number of hydrogen-bond acceptors (Lipinski definition) is 8. The van der Waals surface area contributed by atoms with Crippen molar-refractivity contribution in [3.05, 3.63) is 81.3 Å². The van der Waals surface area contributed by atoms with Gasteiger partial charge in [0.25, 0.3) is 11.8 Å². The number of aromatic nitrogens is 1. The van der Waals surface area contributed by atoms with Gasteiger partial charge in [-0.25, -0.2) is 13.4 Å². The molecule has 0 radical (unpaired) electrons. The number of nitrogens with one attached hydrogen (secondary N) is 2. The quantitative estimate of drug-likeness (QED) is 0.315. The lowest BCUT2D eigenvalue weighted by atomic mass is 9.95. The molecule has 2 saturated heterocycles. The van der Waals surface area contributed by atoms with Crippen LogP contribution in [-0.4, -0.2) is 79.8 Å². The van der Waals surface area contributed by atoms with Crippen molar-refractivity contribution in [2.75, 3.05) is 30.7 Å². The summed E-state index contributed by atoms with van der Waals surface area (Å²) in [4.78, 5) is 34.1. The second-order valence-corrected chi connectivity index (χ2v) is 14.3. The van der Waals surface area contributed by atoms with E-state index in [9.17, 15) is 23.1 Å². The Kier molecular flexibility index (Phi) is 9.50. The molecule has 4 atom stereocenters. The SMILES string of the molecule is Cc1csc([C@H]2CCCN2C(=O)c2cc(C(=O)N[C@@H](Cc3ccccc3)[C@@H](O)[C@H]3CCCN3)cc(N(C)S(C)(=O)=O)c2)n1. The Hall–Kier alpha value is -3.32. The maximum absolute atomic E-state index is 13.9. The number of benzene rings is 2. The minimum absolute atomic E-state index is 0.141. The molecule has 0 saturated carbocycles. The molecular formula is C31H39N5O5S2. The standard InChI is InChI=1S/C31H39N5O5S2/c1-20-19-42-30(33-20)27-12-8-14-36(27)31(39)23-16-22(17-24(18-23)35(2)43(3,40)41)29(38)34-26(15-21-9-5-4-6-10-21)28(37)25-11-7-13-32-25/h4-6,9-10,16-19,25-28,32,37H,7-8,11-15H2,1-3H3,(H,34,38)/t25-,26+,27-,28+/m1/s1. The molecule has 3 heterocycles. The summed E-state index contributed by atoms with van der Waals surface area (Å²) in [7, 11) is -2.28. The van der Waals surface area contributed by atoms with Gasteiger partial charge in [0.1, 0.15) is 5.01 Å².